The Hall–Kier alpha value is -2.09. The summed E-state index contributed by atoms with van der Waals surface area (Å²) in [4.78, 5) is 10.5. The van der Waals surface area contributed by atoms with Crippen molar-refractivity contribution < 1.29 is 9.21 Å². The molecule has 0 unspecified atom stereocenters. The summed E-state index contributed by atoms with van der Waals surface area (Å²) in [7, 11) is 0. The molecule has 0 bridgehead atoms. The van der Waals surface area contributed by atoms with Gasteiger partial charge in [-0.1, -0.05) is 30.3 Å². The summed E-state index contributed by atoms with van der Waals surface area (Å²) in [5.74, 6) is 1.51. The zero-order valence-corrected chi connectivity index (χ0v) is 9.01. The van der Waals surface area contributed by atoms with Gasteiger partial charge in [-0.25, -0.2) is 0 Å². The maximum atomic E-state index is 10.5. The molecular weight excluding hydrogens is 200 g/mol. The Kier molecular flexibility index (Phi) is 3.01. The molecule has 1 heterocycles. The first-order chi connectivity index (χ1) is 7.79. The molecule has 0 aliphatic carbocycles. The normalized spacial score (nSPS) is 11.4. The highest BCUT2D eigenvalue weighted by Gasteiger charge is 2.02. The van der Waals surface area contributed by atoms with E-state index in [-0.39, 0.29) is 0 Å². The first-order valence-electron chi connectivity index (χ1n) is 5.08. The summed E-state index contributed by atoms with van der Waals surface area (Å²) >= 11 is 0. The predicted molar refractivity (Wildman–Crippen MR) is 63.9 cm³/mol. The van der Waals surface area contributed by atoms with Gasteiger partial charge in [0.2, 0.25) is 0 Å². The Morgan fingerprint density at radius 2 is 1.88 bits per heavy atom. The molecule has 0 spiro atoms. The number of furan rings is 1. The first kappa shape index (κ1) is 10.4. The highest BCUT2D eigenvalue weighted by Crippen LogP contribution is 2.22. The van der Waals surface area contributed by atoms with E-state index >= 15 is 0 Å². The molecule has 0 radical (unpaired) electrons. The molecule has 1 aromatic carbocycles. The second-order valence-corrected chi connectivity index (χ2v) is 3.57. The molecule has 0 saturated carbocycles. The quantitative estimate of drug-likeness (QED) is 0.575. The molecule has 16 heavy (non-hydrogen) atoms. The zero-order valence-electron chi connectivity index (χ0n) is 9.01. The van der Waals surface area contributed by atoms with E-state index in [0.717, 1.165) is 17.6 Å². The van der Waals surface area contributed by atoms with Gasteiger partial charge in [-0.2, -0.15) is 0 Å². The number of hydrogen-bond donors (Lipinski definition) is 0. The van der Waals surface area contributed by atoms with Gasteiger partial charge in [-0.3, -0.25) is 4.79 Å². The number of aldehydes is 1. The summed E-state index contributed by atoms with van der Waals surface area (Å²) < 4.78 is 5.61. The lowest BCUT2D eigenvalue weighted by atomic mass is 10.2. The molecule has 0 amide bonds. The third-order valence-electron chi connectivity index (χ3n) is 2.24. The fourth-order valence-electron chi connectivity index (χ4n) is 1.45. The molecule has 80 valence electrons. The SMILES string of the molecule is C/C(C=O)=C\c1ccc(-c2ccccc2)o1. The third kappa shape index (κ3) is 2.28. The van der Waals surface area contributed by atoms with E-state index in [2.05, 4.69) is 0 Å². The van der Waals surface area contributed by atoms with Crippen molar-refractivity contribution in [3.8, 4) is 11.3 Å². The van der Waals surface area contributed by atoms with Crippen molar-refractivity contribution in [3.63, 3.8) is 0 Å². The minimum Gasteiger partial charge on any atom is -0.457 e. The highest BCUT2D eigenvalue weighted by atomic mass is 16.3. The minimum atomic E-state index is 0.647. The highest BCUT2D eigenvalue weighted by molar-refractivity contribution is 5.80. The monoisotopic (exact) mass is 212 g/mol. The maximum Gasteiger partial charge on any atom is 0.145 e. The van der Waals surface area contributed by atoms with E-state index in [1.165, 1.54) is 0 Å². The van der Waals surface area contributed by atoms with Gasteiger partial charge >= 0.3 is 0 Å². The van der Waals surface area contributed by atoms with Gasteiger partial charge in [0.15, 0.2) is 0 Å². The van der Waals surface area contributed by atoms with Crippen LogP contribution in [0.4, 0.5) is 0 Å². The Bertz CT molecular complexity index is 507. The molecule has 0 aliphatic heterocycles. The number of benzene rings is 1. The molecule has 2 aromatic rings. The maximum absolute atomic E-state index is 10.5. The van der Waals surface area contributed by atoms with Crippen molar-refractivity contribution >= 4 is 12.4 Å². The second kappa shape index (κ2) is 4.62. The van der Waals surface area contributed by atoms with Crippen molar-refractivity contribution in [2.24, 2.45) is 0 Å². The third-order valence-corrected chi connectivity index (χ3v) is 2.24. The van der Waals surface area contributed by atoms with Gasteiger partial charge < -0.3 is 4.42 Å². The number of allylic oxidation sites excluding steroid dienone is 1. The lowest BCUT2D eigenvalue weighted by molar-refractivity contribution is -0.104. The standard InChI is InChI=1S/C14H12O2/c1-11(10-15)9-13-7-8-14(16-13)12-5-3-2-4-6-12/h2-10H,1H3/b11-9+. The van der Waals surface area contributed by atoms with Crippen LogP contribution in [0.3, 0.4) is 0 Å². The van der Waals surface area contributed by atoms with E-state index in [1.54, 1.807) is 13.0 Å². The molecule has 0 saturated heterocycles. The molecule has 0 atom stereocenters. The van der Waals surface area contributed by atoms with Gasteiger partial charge in [0, 0.05) is 5.56 Å². The summed E-state index contributed by atoms with van der Waals surface area (Å²) in [6.45, 7) is 1.75. The smallest absolute Gasteiger partial charge is 0.145 e. The summed E-state index contributed by atoms with van der Waals surface area (Å²) in [5, 5.41) is 0. The van der Waals surface area contributed by atoms with Gasteiger partial charge in [-0.15, -0.1) is 0 Å². The van der Waals surface area contributed by atoms with Gasteiger partial charge in [0.05, 0.1) is 0 Å². The van der Waals surface area contributed by atoms with E-state index < -0.39 is 0 Å². The Labute approximate surface area is 94.2 Å². The van der Waals surface area contributed by atoms with Gasteiger partial charge in [0.25, 0.3) is 0 Å². The average Bonchev–Trinajstić information content (AvgIpc) is 2.78. The first-order valence-corrected chi connectivity index (χ1v) is 5.08. The van der Waals surface area contributed by atoms with Crippen LogP contribution in [0.25, 0.3) is 17.4 Å². The fraction of sp³-hybridized carbons (Fsp3) is 0.0714. The Morgan fingerprint density at radius 3 is 2.56 bits per heavy atom. The van der Waals surface area contributed by atoms with Crippen LogP contribution >= 0.6 is 0 Å². The van der Waals surface area contributed by atoms with Crippen LogP contribution in [0.5, 0.6) is 0 Å². The van der Waals surface area contributed by atoms with Crippen LogP contribution in [0.1, 0.15) is 12.7 Å². The Balaban J connectivity index is 2.30. The zero-order chi connectivity index (χ0) is 11.4. The average molecular weight is 212 g/mol. The Morgan fingerprint density at radius 1 is 1.12 bits per heavy atom. The minimum absolute atomic E-state index is 0.647. The van der Waals surface area contributed by atoms with E-state index in [4.69, 9.17) is 4.42 Å². The van der Waals surface area contributed by atoms with E-state index in [1.807, 2.05) is 42.5 Å². The lowest BCUT2D eigenvalue weighted by Crippen LogP contribution is -1.74. The molecule has 0 N–H and O–H groups in total. The summed E-state index contributed by atoms with van der Waals surface area (Å²) in [6.07, 6.45) is 2.53. The molecule has 2 rings (SSSR count). The molecule has 0 aliphatic rings. The van der Waals surface area contributed by atoms with Crippen LogP contribution in [0.2, 0.25) is 0 Å². The van der Waals surface area contributed by atoms with Crippen molar-refractivity contribution in [1.29, 1.82) is 0 Å². The molecule has 0 fully saturated rings. The second-order valence-electron chi connectivity index (χ2n) is 3.57. The molecule has 2 nitrogen and oxygen atoms in total. The largest absolute Gasteiger partial charge is 0.457 e. The van der Waals surface area contributed by atoms with Crippen molar-refractivity contribution in [3.05, 3.63) is 53.8 Å². The van der Waals surface area contributed by atoms with Crippen molar-refractivity contribution in [1.82, 2.24) is 0 Å². The predicted octanol–water partition coefficient (Wildman–Crippen LogP) is 3.55. The fourth-order valence-corrected chi connectivity index (χ4v) is 1.45. The summed E-state index contributed by atoms with van der Waals surface area (Å²) in [6, 6.07) is 13.6. The van der Waals surface area contributed by atoms with Crippen LogP contribution < -0.4 is 0 Å². The summed E-state index contributed by atoms with van der Waals surface area (Å²) in [5.41, 5.74) is 1.68. The molecule has 2 heteroatoms. The van der Waals surface area contributed by atoms with Crippen molar-refractivity contribution in [2.75, 3.05) is 0 Å². The van der Waals surface area contributed by atoms with E-state index in [9.17, 15) is 4.79 Å². The van der Waals surface area contributed by atoms with Gasteiger partial charge in [-0.05, 0) is 30.7 Å². The topological polar surface area (TPSA) is 30.2 Å². The van der Waals surface area contributed by atoms with Crippen LogP contribution in [-0.4, -0.2) is 6.29 Å². The number of rotatable bonds is 3. The van der Waals surface area contributed by atoms with Crippen LogP contribution in [-0.2, 0) is 4.79 Å². The molecular formula is C14H12O2. The number of hydrogen-bond acceptors (Lipinski definition) is 2. The molecule has 1 aromatic heterocycles. The number of carbonyl (C=O) groups excluding carboxylic acids is 1. The number of carbonyl (C=O) groups is 1. The lowest BCUT2D eigenvalue weighted by Gasteiger charge is -1.94. The van der Waals surface area contributed by atoms with Crippen molar-refractivity contribution in [2.45, 2.75) is 6.92 Å². The van der Waals surface area contributed by atoms with Crippen LogP contribution in [0.15, 0.2) is 52.5 Å². The van der Waals surface area contributed by atoms with E-state index in [0.29, 0.717) is 11.3 Å². The van der Waals surface area contributed by atoms with Gasteiger partial charge in [0.1, 0.15) is 17.8 Å². The van der Waals surface area contributed by atoms with Crippen LogP contribution in [0, 0.1) is 0 Å².